The molecule has 0 radical (unpaired) electrons. The number of benzene rings is 2. The van der Waals surface area contributed by atoms with Crippen LogP contribution >= 0.6 is 15.9 Å². The summed E-state index contributed by atoms with van der Waals surface area (Å²) in [6.07, 6.45) is 1.07. The van der Waals surface area contributed by atoms with Gasteiger partial charge in [-0.05, 0) is 55.2 Å². The molecule has 2 aromatic carbocycles. The molecule has 0 bridgehead atoms. The Labute approximate surface area is 205 Å². The lowest BCUT2D eigenvalue weighted by Crippen LogP contribution is -2.51. The second kappa shape index (κ2) is 11.7. The van der Waals surface area contributed by atoms with Gasteiger partial charge in [0.2, 0.25) is 21.8 Å². The number of rotatable bonds is 10. The Kier molecular flexibility index (Phi) is 9.48. The molecule has 2 amide bonds. The van der Waals surface area contributed by atoms with Gasteiger partial charge in [0, 0.05) is 17.6 Å². The Hall–Kier alpha value is -2.39. The van der Waals surface area contributed by atoms with Crippen molar-refractivity contribution >= 4 is 43.5 Å². The van der Waals surface area contributed by atoms with E-state index in [2.05, 4.69) is 35.1 Å². The third-order valence-electron chi connectivity index (χ3n) is 5.31. The van der Waals surface area contributed by atoms with Crippen molar-refractivity contribution in [2.24, 2.45) is 0 Å². The van der Waals surface area contributed by atoms with Gasteiger partial charge in [-0.2, -0.15) is 0 Å². The molecule has 0 aliphatic rings. The van der Waals surface area contributed by atoms with E-state index in [9.17, 15) is 18.0 Å². The molecule has 0 aromatic heterocycles. The number of hydrogen-bond donors (Lipinski definition) is 1. The average Bonchev–Trinajstić information content (AvgIpc) is 2.76. The maximum absolute atomic E-state index is 13.4. The van der Waals surface area contributed by atoms with Crippen molar-refractivity contribution in [1.82, 2.24) is 10.2 Å². The summed E-state index contributed by atoms with van der Waals surface area (Å²) in [7, 11) is -3.74. The van der Waals surface area contributed by atoms with Gasteiger partial charge in [0.05, 0.1) is 11.9 Å². The largest absolute Gasteiger partial charge is 0.355 e. The highest BCUT2D eigenvalue weighted by Gasteiger charge is 2.29. The van der Waals surface area contributed by atoms with Crippen molar-refractivity contribution in [2.75, 3.05) is 23.7 Å². The quantitative estimate of drug-likeness (QED) is 0.498. The Balaban J connectivity index is 2.36. The second-order valence-electron chi connectivity index (χ2n) is 8.23. The topological polar surface area (TPSA) is 86.8 Å². The number of carbonyl (C=O) groups excluding carboxylic acids is 2. The molecule has 0 saturated heterocycles. The lowest BCUT2D eigenvalue weighted by atomic mass is 10.0. The van der Waals surface area contributed by atoms with Crippen molar-refractivity contribution in [3.05, 3.63) is 64.1 Å². The van der Waals surface area contributed by atoms with Gasteiger partial charge in [0.25, 0.3) is 0 Å². The molecule has 0 saturated carbocycles. The van der Waals surface area contributed by atoms with Gasteiger partial charge in [0.15, 0.2) is 0 Å². The molecule has 0 aliphatic carbocycles. The van der Waals surface area contributed by atoms with E-state index in [0.29, 0.717) is 18.2 Å². The van der Waals surface area contributed by atoms with Crippen LogP contribution in [0.3, 0.4) is 0 Å². The van der Waals surface area contributed by atoms with Crippen molar-refractivity contribution in [3.8, 4) is 0 Å². The lowest BCUT2D eigenvalue weighted by Gasteiger charge is -2.31. The molecular weight excluding hydrogens is 506 g/mol. The van der Waals surface area contributed by atoms with Gasteiger partial charge in [-0.25, -0.2) is 8.42 Å². The standard InChI is InChI=1S/C24H32BrN3O4S/c1-6-26-24(30)18(4)27(15-19-7-11-21(25)12-8-19)23(29)16-28(33(5,31)32)22-13-9-20(10-14-22)17(2)3/h7-14,17-18H,6,15-16H2,1-5H3,(H,26,30). The molecule has 2 rings (SSSR count). The number of likely N-dealkylation sites (N-methyl/N-ethyl adjacent to an activating group) is 1. The van der Waals surface area contributed by atoms with Gasteiger partial charge in [-0.3, -0.25) is 13.9 Å². The highest BCUT2D eigenvalue weighted by atomic mass is 79.9. The Morgan fingerprint density at radius 1 is 1.00 bits per heavy atom. The summed E-state index contributed by atoms with van der Waals surface area (Å²) in [6, 6.07) is 13.8. The van der Waals surface area contributed by atoms with Gasteiger partial charge >= 0.3 is 0 Å². The van der Waals surface area contributed by atoms with Crippen molar-refractivity contribution in [2.45, 2.75) is 46.2 Å². The van der Waals surface area contributed by atoms with Crippen molar-refractivity contribution in [1.29, 1.82) is 0 Å². The molecule has 1 atom stereocenters. The van der Waals surface area contributed by atoms with Crippen LogP contribution in [0.1, 0.15) is 44.7 Å². The minimum Gasteiger partial charge on any atom is -0.355 e. The normalized spacial score (nSPS) is 12.3. The SMILES string of the molecule is CCNC(=O)C(C)N(Cc1ccc(Br)cc1)C(=O)CN(c1ccc(C(C)C)cc1)S(C)(=O)=O. The minimum atomic E-state index is -3.74. The van der Waals surface area contributed by atoms with Crippen LogP contribution in [0, 0.1) is 0 Å². The first-order valence-corrected chi connectivity index (χ1v) is 13.5. The van der Waals surface area contributed by atoms with Gasteiger partial charge < -0.3 is 10.2 Å². The van der Waals surface area contributed by atoms with Crippen LogP contribution in [-0.2, 0) is 26.2 Å². The number of amides is 2. The third-order valence-corrected chi connectivity index (χ3v) is 6.98. The van der Waals surface area contributed by atoms with Crippen molar-refractivity contribution < 1.29 is 18.0 Å². The Morgan fingerprint density at radius 2 is 1.58 bits per heavy atom. The van der Waals surface area contributed by atoms with Crippen LogP contribution in [0.25, 0.3) is 0 Å². The fourth-order valence-electron chi connectivity index (χ4n) is 3.33. The summed E-state index contributed by atoms with van der Waals surface area (Å²) in [4.78, 5) is 27.4. The summed E-state index contributed by atoms with van der Waals surface area (Å²) in [5.41, 5.74) is 2.31. The first-order valence-electron chi connectivity index (χ1n) is 10.8. The molecule has 33 heavy (non-hydrogen) atoms. The predicted octanol–water partition coefficient (Wildman–Crippen LogP) is 3.89. The first-order chi connectivity index (χ1) is 15.4. The highest BCUT2D eigenvalue weighted by Crippen LogP contribution is 2.23. The van der Waals surface area contributed by atoms with Gasteiger partial charge in [-0.1, -0.05) is 54.0 Å². The number of nitrogens with one attached hydrogen (secondary N) is 1. The van der Waals surface area contributed by atoms with Crippen LogP contribution < -0.4 is 9.62 Å². The minimum absolute atomic E-state index is 0.175. The van der Waals surface area contributed by atoms with Crippen LogP contribution in [0.5, 0.6) is 0 Å². The number of nitrogens with zero attached hydrogens (tertiary/aromatic N) is 2. The molecular formula is C24H32BrN3O4S. The number of sulfonamides is 1. The molecule has 0 aliphatic heterocycles. The molecule has 180 valence electrons. The lowest BCUT2D eigenvalue weighted by molar-refractivity contribution is -0.139. The monoisotopic (exact) mass is 537 g/mol. The van der Waals surface area contributed by atoms with E-state index in [1.54, 1.807) is 26.0 Å². The molecule has 1 N–H and O–H groups in total. The van der Waals surface area contributed by atoms with E-state index in [0.717, 1.165) is 26.2 Å². The van der Waals surface area contributed by atoms with E-state index < -0.39 is 28.5 Å². The number of halogens is 1. The zero-order valence-electron chi connectivity index (χ0n) is 19.7. The second-order valence-corrected chi connectivity index (χ2v) is 11.1. The van der Waals surface area contributed by atoms with Crippen LogP contribution in [0.15, 0.2) is 53.0 Å². The zero-order valence-corrected chi connectivity index (χ0v) is 22.1. The molecule has 0 fully saturated rings. The molecule has 1 unspecified atom stereocenters. The maximum Gasteiger partial charge on any atom is 0.244 e. The molecule has 9 heteroatoms. The van der Waals surface area contributed by atoms with Crippen molar-refractivity contribution in [3.63, 3.8) is 0 Å². The summed E-state index contributed by atoms with van der Waals surface area (Å²) < 4.78 is 27.1. The van der Waals surface area contributed by atoms with E-state index in [4.69, 9.17) is 0 Å². The Morgan fingerprint density at radius 3 is 2.06 bits per heavy atom. The van der Waals surface area contributed by atoms with E-state index >= 15 is 0 Å². The summed E-state index contributed by atoms with van der Waals surface area (Å²) >= 11 is 3.39. The third kappa shape index (κ3) is 7.57. The summed E-state index contributed by atoms with van der Waals surface area (Å²) in [6.45, 7) is 7.75. The zero-order chi connectivity index (χ0) is 24.8. The molecule has 7 nitrogen and oxygen atoms in total. The van der Waals surface area contributed by atoms with Crippen LogP contribution in [-0.4, -0.2) is 50.5 Å². The fourth-order valence-corrected chi connectivity index (χ4v) is 4.44. The Bertz CT molecular complexity index is 1050. The summed E-state index contributed by atoms with van der Waals surface area (Å²) in [5, 5.41) is 2.74. The molecule has 0 heterocycles. The predicted molar refractivity (Wildman–Crippen MR) is 136 cm³/mol. The summed E-state index contributed by atoms with van der Waals surface area (Å²) in [5.74, 6) is -0.461. The van der Waals surface area contributed by atoms with Gasteiger partial charge in [-0.15, -0.1) is 0 Å². The smallest absolute Gasteiger partial charge is 0.244 e. The average molecular weight is 539 g/mol. The number of carbonyl (C=O) groups is 2. The first kappa shape index (κ1) is 26.9. The highest BCUT2D eigenvalue weighted by molar-refractivity contribution is 9.10. The fraction of sp³-hybridized carbons (Fsp3) is 0.417. The van der Waals surface area contributed by atoms with Crippen LogP contribution in [0.4, 0.5) is 5.69 Å². The van der Waals surface area contributed by atoms with Crippen LogP contribution in [0.2, 0.25) is 0 Å². The molecule has 2 aromatic rings. The maximum atomic E-state index is 13.4. The van der Waals surface area contributed by atoms with E-state index in [-0.39, 0.29) is 12.5 Å². The number of anilines is 1. The van der Waals surface area contributed by atoms with Gasteiger partial charge in [0.1, 0.15) is 12.6 Å². The number of hydrogen-bond acceptors (Lipinski definition) is 4. The van der Waals surface area contributed by atoms with E-state index in [1.807, 2.05) is 36.4 Å². The molecule has 0 spiro atoms. The van der Waals surface area contributed by atoms with E-state index in [1.165, 1.54) is 4.90 Å².